The summed E-state index contributed by atoms with van der Waals surface area (Å²) < 4.78 is 0. The van der Waals surface area contributed by atoms with Gasteiger partial charge in [0.2, 0.25) is 0 Å². The van der Waals surface area contributed by atoms with Gasteiger partial charge in [0.15, 0.2) is 11.5 Å². The molecule has 1 spiro atoms. The molecule has 0 heterocycles. The van der Waals surface area contributed by atoms with Gasteiger partial charge in [0.25, 0.3) is 0 Å². The fraction of sp³-hybridized carbons (Fsp3) is 0.455. The van der Waals surface area contributed by atoms with Crippen LogP contribution in [0, 0.1) is 20.2 Å². The van der Waals surface area contributed by atoms with Crippen molar-refractivity contribution in [2.45, 2.75) is 56.8 Å². The van der Waals surface area contributed by atoms with Gasteiger partial charge in [-0.25, -0.2) is 0 Å². The lowest BCUT2D eigenvalue weighted by molar-refractivity contribution is -0.386. The fourth-order valence-corrected chi connectivity index (χ4v) is 5.65. The van der Waals surface area contributed by atoms with E-state index in [-0.39, 0.29) is 16.7 Å². The van der Waals surface area contributed by atoms with Gasteiger partial charge in [0.05, 0.1) is 15.2 Å². The number of benzene rings is 2. The lowest BCUT2D eigenvalue weighted by atomic mass is 9.72. The van der Waals surface area contributed by atoms with Crippen LogP contribution in [0.4, 0.5) is 11.4 Å². The third-order valence-electron chi connectivity index (χ3n) is 6.60. The average molecular weight is 483 g/mol. The number of nitrogens with zero attached hydrogens (tertiary/aromatic N) is 2. The van der Waals surface area contributed by atoms with Crippen molar-refractivity contribution in [2.75, 3.05) is 5.34 Å². The summed E-state index contributed by atoms with van der Waals surface area (Å²) in [6, 6.07) is 5.81. The number of alkyl halides is 2. The van der Waals surface area contributed by atoms with Crippen LogP contribution in [0.3, 0.4) is 0 Å². The zero-order chi connectivity index (χ0) is 24.2. The number of aromatic hydroxyl groups is 2. The van der Waals surface area contributed by atoms with E-state index >= 15 is 0 Å². The molecule has 0 atom stereocenters. The molecule has 0 aliphatic heterocycles. The van der Waals surface area contributed by atoms with Gasteiger partial charge >= 0.3 is 11.4 Å². The first-order valence-corrected chi connectivity index (χ1v) is 11.0. The number of phenols is 2. The summed E-state index contributed by atoms with van der Waals surface area (Å²) >= 11 is 9.53. The normalized spacial score (nSPS) is 18.4. The Bertz CT molecular complexity index is 1040. The lowest BCUT2D eigenvalue weighted by Gasteiger charge is -2.30. The Morgan fingerprint density at radius 1 is 0.781 bits per heavy atom. The molecule has 8 nitrogen and oxygen atoms in total. The van der Waals surface area contributed by atoms with Crippen LogP contribution in [0.5, 0.6) is 11.5 Å². The molecule has 0 bridgehead atoms. The number of rotatable bonds is 2. The summed E-state index contributed by atoms with van der Waals surface area (Å²) in [6.45, 7) is 7.99. The fourth-order valence-electron chi connectivity index (χ4n) is 5.65. The Labute approximate surface area is 195 Å². The lowest BCUT2D eigenvalue weighted by Crippen LogP contribution is -2.26. The van der Waals surface area contributed by atoms with Gasteiger partial charge < -0.3 is 10.2 Å². The molecule has 2 aromatic carbocycles. The summed E-state index contributed by atoms with van der Waals surface area (Å²) in [5.41, 5.74) is 1.03. The number of nitro benzene ring substituents is 2. The third kappa shape index (κ3) is 3.55. The predicted octanol–water partition coefficient (Wildman–Crippen LogP) is 5.98. The minimum Gasteiger partial charge on any atom is -0.502 e. The topological polar surface area (TPSA) is 127 Å². The molecule has 32 heavy (non-hydrogen) atoms. The van der Waals surface area contributed by atoms with Crippen LogP contribution < -0.4 is 0 Å². The molecule has 0 fully saturated rings. The molecule has 2 N–H and O–H groups in total. The van der Waals surface area contributed by atoms with Gasteiger partial charge in [-0.1, -0.05) is 27.7 Å². The first-order valence-electron chi connectivity index (χ1n) is 9.88. The molecule has 2 aliphatic carbocycles. The van der Waals surface area contributed by atoms with E-state index in [1.165, 1.54) is 24.3 Å². The van der Waals surface area contributed by atoms with E-state index in [4.69, 9.17) is 23.2 Å². The van der Waals surface area contributed by atoms with Gasteiger partial charge in [-0.2, -0.15) is 0 Å². The van der Waals surface area contributed by atoms with Crippen molar-refractivity contribution in [3.05, 3.63) is 66.7 Å². The number of hydrogen-bond donors (Lipinski definition) is 2. The number of halogens is 2. The number of hydrogen-bond acceptors (Lipinski definition) is 6. The molecule has 0 amide bonds. The molecular weight excluding hydrogens is 459 g/mol. The molecular formula is C22H24Cl2N2O6. The molecule has 0 aromatic heterocycles. The minimum absolute atomic E-state index is 0.194. The molecule has 2 aliphatic rings. The Kier molecular flexibility index (Phi) is 5.85. The molecule has 0 saturated carbocycles. The van der Waals surface area contributed by atoms with Crippen molar-refractivity contribution in [1.29, 1.82) is 0 Å². The summed E-state index contributed by atoms with van der Waals surface area (Å²) in [5.74, 6) is -0.800. The smallest absolute Gasteiger partial charge is 0.311 e. The Morgan fingerprint density at radius 2 is 1.09 bits per heavy atom. The maximum absolute atomic E-state index is 11.3. The Balaban J connectivity index is 0.000000913. The van der Waals surface area contributed by atoms with Crippen molar-refractivity contribution < 1.29 is 20.1 Å². The molecule has 0 unspecified atom stereocenters. The molecule has 0 radical (unpaired) electrons. The maximum Gasteiger partial charge on any atom is 0.311 e. The van der Waals surface area contributed by atoms with Crippen LogP contribution in [0.2, 0.25) is 0 Å². The standard InChI is InChI=1S/C21H22N2O6.CH2Cl2/c1-19(2)9-21(13-7-17(24)15(22(26)27)5-11(13)19)10-20(3,4)12-6-16(23(28)29)18(25)8-14(12)21;2-1-3/h5-8,24-25H,9-10H2,1-4H3;1H2. The SMILES string of the molecule is CC1(C)CC2(CC(C)(C)c3cc([N+](=O)[O-])c(O)cc32)c2cc(O)c([N+](=O)[O-])cc21.ClCCl. The van der Waals surface area contributed by atoms with E-state index in [1.54, 1.807) is 0 Å². The summed E-state index contributed by atoms with van der Waals surface area (Å²) in [7, 11) is 0. The summed E-state index contributed by atoms with van der Waals surface area (Å²) in [5, 5.41) is 43.5. The zero-order valence-corrected chi connectivity index (χ0v) is 19.6. The van der Waals surface area contributed by atoms with Gasteiger partial charge in [0.1, 0.15) is 0 Å². The zero-order valence-electron chi connectivity index (χ0n) is 18.1. The van der Waals surface area contributed by atoms with Crippen LogP contribution >= 0.6 is 23.2 Å². The first-order chi connectivity index (χ1) is 14.7. The van der Waals surface area contributed by atoms with E-state index in [2.05, 4.69) is 0 Å². The Hall–Kier alpha value is -2.58. The second-order valence-corrected chi connectivity index (χ2v) is 10.4. The van der Waals surface area contributed by atoms with Crippen LogP contribution in [0.15, 0.2) is 24.3 Å². The largest absolute Gasteiger partial charge is 0.502 e. The number of nitro groups is 2. The highest BCUT2D eigenvalue weighted by atomic mass is 35.5. The van der Waals surface area contributed by atoms with E-state index < -0.39 is 37.6 Å². The van der Waals surface area contributed by atoms with Crippen LogP contribution in [-0.2, 0) is 16.2 Å². The highest BCUT2D eigenvalue weighted by molar-refractivity contribution is 6.40. The van der Waals surface area contributed by atoms with Gasteiger partial charge in [-0.15, -0.1) is 23.2 Å². The molecule has 4 rings (SSSR count). The van der Waals surface area contributed by atoms with E-state index in [0.717, 1.165) is 22.3 Å². The van der Waals surface area contributed by atoms with Crippen LogP contribution in [0.1, 0.15) is 62.8 Å². The van der Waals surface area contributed by atoms with Gasteiger partial charge in [-0.3, -0.25) is 20.2 Å². The highest BCUT2D eigenvalue weighted by Gasteiger charge is 2.57. The van der Waals surface area contributed by atoms with Gasteiger partial charge in [-0.05, 0) is 58.1 Å². The van der Waals surface area contributed by atoms with Crippen molar-refractivity contribution in [1.82, 2.24) is 0 Å². The third-order valence-corrected chi connectivity index (χ3v) is 6.60. The maximum atomic E-state index is 11.3. The van der Waals surface area contributed by atoms with Gasteiger partial charge in [0, 0.05) is 17.5 Å². The van der Waals surface area contributed by atoms with Crippen LogP contribution in [0.25, 0.3) is 0 Å². The average Bonchev–Trinajstić information content (AvgIpc) is 3.00. The molecule has 0 saturated heterocycles. The first kappa shape index (κ1) is 24.1. The monoisotopic (exact) mass is 482 g/mol. The highest BCUT2D eigenvalue weighted by Crippen LogP contribution is 2.64. The molecule has 10 heteroatoms. The van der Waals surface area contributed by atoms with Crippen molar-refractivity contribution in [2.24, 2.45) is 0 Å². The summed E-state index contributed by atoms with van der Waals surface area (Å²) in [4.78, 5) is 21.5. The predicted molar refractivity (Wildman–Crippen MR) is 122 cm³/mol. The minimum atomic E-state index is -0.600. The van der Waals surface area contributed by atoms with E-state index in [1.807, 2.05) is 27.7 Å². The second kappa shape index (κ2) is 7.78. The molecule has 2 aromatic rings. The van der Waals surface area contributed by atoms with Crippen molar-refractivity contribution in [3.63, 3.8) is 0 Å². The second-order valence-electron chi connectivity index (χ2n) is 9.59. The van der Waals surface area contributed by atoms with Crippen molar-refractivity contribution >= 4 is 34.6 Å². The quantitative estimate of drug-likeness (QED) is 0.307. The summed E-state index contributed by atoms with van der Waals surface area (Å²) in [6.07, 6.45) is 1.23. The number of phenolic OH excluding ortho intramolecular Hbond substituents is 2. The molecule has 172 valence electrons. The Morgan fingerprint density at radius 3 is 1.38 bits per heavy atom. The van der Waals surface area contributed by atoms with E-state index in [0.29, 0.717) is 12.8 Å². The van der Waals surface area contributed by atoms with Crippen molar-refractivity contribution in [3.8, 4) is 11.5 Å². The van der Waals surface area contributed by atoms with E-state index in [9.17, 15) is 30.4 Å². The van der Waals surface area contributed by atoms with Crippen LogP contribution in [-0.4, -0.2) is 25.4 Å². The number of fused-ring (bicyclic) bond motifs is 4.